The molecular formula is C13H21N3OS. The summed E-state index contributed by atoms with van der Waals surface area (Å²) in [7, 11) is 0. The maximum Gasteiger partial charge on any atom is 0.237 e. The van der Waals surface area contributed by atoms with E-state index in [0.717, 1.165) is 30.8 Å². The predicted octanol–water partition coefficient (Wildman–Crippen LogP) is 2.02. The highest BCUT2D eigenvalue weighted by Crippen LogP contribution is 2.20. The van der Waals surface area contributed by atoms with Gasteiger partial charge in [-0.25, -0.2) is 4.98 Å². The summed E-state index contributed by atoms with van der Waals surface area (Å²) in [5, 5.41) is 7.31. The molecule has 0 saturated carbocycles. The maximum absolute atomic E-state index is 12.1. The van der Waals surface area contributed by atoms with Gasteiger partial charge in [0.2, 0.25) is 5.91 Å². The lowest BCUT2D eigenvalue weighted by Gasteiger charge is -2.24. The number of carbonyl (C=O) groups excluding carboxylic acids is 1. The largest absolute Gasteiger partial charge is 0.346 e. The third-order valence-corrected chi connectivity index (χ3v) is 4.60. The Labute approximate surface area is 112 Å². The summed E-state index contributed by atoms with van der Waals surface area (Å²) < 4.78 is 0. The molecule has 5 heteroatoms. The summed E-state index contributed by atoms with van der Waals surface area (Å²) in [5.74, 6) is 0.107. The third-order valence-electron chi connectivity index (χ3n) is 3.28. The molecule has 1 saturated heterocycles. The average molecular weight is 267 g/mol. The maximum atomic E-state index is 12.1. The Morgan fingerprint density at radius 1 is 1.67 bits per heavy atom. The number of hydrogen-bond acceptors (Lipinski definition) is 4. The van der Waals surface area contributed by atoms with Crippen LogP contribution in [0.2, 0.25) is 0 Å². The topological polar surface area (TPSA) is 54.0 Å². The lowest BCUT2D eigenvalue weighted by Crippen LogP contribution is -2.47. The van der Waals surface area contributed by atoms with E-state index in [0.29, 0.717) is 0 Å². The van der Waals surface area contributed by atoms with Crippen molar-refractivity contribution in [3.05, 3.63) is 16.1 Å². The van der Waals surface area contributed by atoms with Crippen molar-refractivity contribution in [1.82, 2.24) is 15.6 Å². The monoisotopic (exact) mass is 267 g/mol. The zero-order valence-electron chi connectivity index (χ0n) is 11.0. The van der Waals surface area contributed by atoms with E-state index in [1.165, 1.54) is 11.3 Å². The SMILES string of the molecule is CCc1cnc(C(C)NC(=O)C2CCCCN2)s1. The molecule has 0 aliphatic carbocycles. The van der Waals surface area contributed by atoms with Gasteiger partial charge in [0.15, 0.2) is 0 Å². The van der Waals surface area contributed by atoms with Crippen LogP contribution in [-0.4, -0.2) is 23.5 Å². The minimum absolute atomic E-state index is 0.00604. The summed E-state index contributed by atoms with van der Waals surface area (Å²) >= 11 is 1.68. The Kier molecular flexibility index (Phi) is 4.72. The van der Waals surface area contributed by atoms with E-state index < -0.39 is 0 Å². The second-order valence-electron chi connectivity index (χ2n) is 4.75. The minimum atomic E-state index is -0.0215. The van der Waals surface area contributed by atoms with Crippen LogP contribution in [0, 0.1) is 0 Å². The Balaban J connectivity index is 1.89. The fourth-order valence-corrected chi connectivity index (χ4v) is 3.00. The number of amides is 1. The molecule has 1 aliphatic rings. The molecule has 2 unspecified atom stereocenters. The number of aryl methyl sites for hydroxylation is 1. The van der Waals surface area contributed by atoms with Crippen LogP contribution in [0.3, 0.4) is 0 Å². The van der Waals surface area contributed by atoms with Gasteiger partial charge in [0.05, 0.1) is 12.1 Å². The van der Waals surface area contributed by atoms with Crippen molar-refractivity contribution in [3.63, 3.8) is 0 Å². The molecule has 0 radical (unpaired) electrons. The molecule has 0 bridgehead atoms. The quantitative estimate of drug-likeness (QED) is 0.877. The van der Waals surface area contributed by atoms with Crippen LogP contribution in [0.15, 0.2) is 6.20 Å². The van der Waals surface area contributed by atoms with Gasteiger partial charge < -0.3 is 10.6 Å². The van der Waals surface area contributed by atoms with Crippen LogP contribution >= 0.6 is 11.3 Å². The fourth-order valence-electron chi connectivity index (χ4n) is 2.14. The third kappa shape index (κ3) is 3.29. The van der Waals surface area contributed by atoms with Gasteiger partial charge in [-0.05, 0) is 32.7 Å². The van der Waals surface area contributed by atoms with E-state index in [9.17, 15) is 4.79 Å². The van der Waals surface area contributed by atoms with Gasteiger partial charge >= 0.3 is 0 Å². The molecule has 0 spiro atoms. The van der Waals surface area contributed by atoms with E-state index in [1.54, 1.807) is 11.3 Å². The van der Waals surface area contributed by atoms with Gasteiger partial charge in [0, 0.05) is 11.1 Å². The second kappa shape index (κ2) is 6.29. The first-order valence-electron chi connectivity index (χ1n) is 6.69. The second-order valence-corrected chi connectivity index (χ2v) is 5.90. The van der Waals surface area contributed by atoms with Crippen molar-refractivity contribution >= 4 is 17.2 Å². The number of hydrogen-bond donors (Lipinski definition) is 2. The highest BCUT2D eigenvalue weighted by atomic mass is 32.1. The molecule has 0 aromatic carbocycles. The molecule has 1 aromatic rings. The molecule has 1 aliphatic heterocycles. The molecule has 4 nitrogen and oxygen atoms in total. The lowest BCUT2D eigenvalue weighted by atomic mass is 10.0. The normalized spacial score (nSPS) is 21.6. The number of aromatic nitrogens is 1. The molecule has 2 rings (SSSR count). The van der Waals surface area contributed by atoms with E-state index in [1.807, 2.05) is 13.1 Å². The number of carbonyl (C=O) groups is 1. The molecule has 2 atom stereocenters. The Morgan fingerprint density at radius 3 is 3.11 bits per heavy atom. The molecule has 2 N–H and O–H groups in total. The lowest BCUT2D eigenvalue weighted by molar-refractivity contribution is -0.124. The van der Waals surface area contributed by atoms with Gasteiger partial charge in [0.1, 0.15) is 5.01 Å². The van der Waals surface area contributed by atoms with Crippen molar-refractivity contribution in [2.24, 2.45) is 0 Å². The first-order valence-corrected chi connectivity index (χ1v) is 7.50. The Hall–Kier alpha value is -0.940. The average Bonchev–Trinajstić information content (AvgIpc) is 2.88. The van der Waals surface area contributed by atoms with Gasteiger partial charge in [-0.2, -0.15) is 0 Å². The Bertz CT molecular complexity index is 399. The summed E-state index contributed by atoms with van der Waals surface area (Å²) in [6.45, 7) is 5.06. The molecule has 1 amide bonds. The molecule has 1 aromatic heterocycles. The summed E-state index contributed by atoms with van der Waals surface area (Å²) in [6.07, 6.45) is 6.16. The van der Waals surface area contributed by atoms with E-state index in [2.05, 4.69) is 22.5 Å². The zero-order chi connectivity index (χ0) is 13.0. The standard InChI is InChI=1S/C13H21N3OS/c1-3-10-8-15-13(18-10)9(2)16-12(17)11-6-4-5-7-14-11/h8-9,11,14H,3-7H2,1-2H3,(H,16,17). The zero-order valence-corrected chi connectivity index (χ0v) is 11.8. The van der Waals surface area contributed by atoms with Gasteiger partial charge in [-0.3, -0.25) is 4.79 Å². The fraction of sp³-hybridized carbons (Fsp3) is 0.692. The molecule has 1 fully saturated rings. The van der Waals surface area contributed by atoms with Gasteiger partial charge in [-0.1, -0.05) is 13.3 Å². The number of nitrogens with zero attached hydrogens (tertiary/aromatic N) is 1. The van der Waals surface area contributed by atoms with Gasteiger partial charge in [-0.15, -0.1) is 11.3 Å². The summed E-state index contributed by atoms with van der Waals surface area (Å²) in [5.41, 5.74) is 0. The Morgan fingerprint density at radius 2 is 2.50 bits per heavy atom. The van der Waals surface area contributed by atoms with Crippen LogP contribution in [0.1, 0.15) is 49.0 Å². The first kappa shape index (κ1) is 13.5. The molecule has 18 heavy (non-hydrogen) atoms. The van der Waals surface area contributed by atoms with Gasteiger partial charge in [0.25, 0.3) is 0 Å². The van der Waals surface area contributed by atoms with Crippen molar-refractivity contribution in [2.45, 2.75) is 51.6 Å². The van der Waals surface area contributed by atoms with E-state index >= 15 is 0 Å². The van der Waals surface area contributed by atoms with Crippen LogP contribution < -0.4 is 10.6 Å². The molecular weight excluding hydrogens is 246 g/mol. The van der Waals surface area contributed by atoms with Crippen LogP contribution in [-0.2, 0) is 11.2 Å². The van der Waals surface area contributed by atoms with Crippen molar-refractivity contribution in [2.75, 3.05) is 6.54 Å². The highest BCUT2D eigenvalue weighted by Gasteiger charge is 2.22. The number of piperidine rings is 1. The molecule has 100 valence electrons. The molecule has 2 heterocycles. The number of thiazole rings is 1. The first-order chi connectivity index (χ1) is 8.70. The predicted molar refractivity (Wildman–Crippen MR) is 73.7 cm³/mol. The van der Waals surface area contributed by atoms with E-state index in [4.69, 9.17) is 0 Å². The van der Waals surface area contributed by atoms with Crippen LogP contribution in [0.25, 0.3) is 0 Å². The number of rotatable bonds is 4. The smallest absolute Gasteiger partial charge is 0.237 e. The van der Waals surface area contributed by atoms with Crippen molar-refractivity contribution in [1.29, 1.82) is 0 Å². The van der Waals surface area contributed by atoms with E-state index in [-0.39, 0.29) is 18.0 Å². The van der Waals surface area contributed by atoms with Crippen LogP contribution in [0.5, 0.6) is 0 Å². The number of nitrogens with one attached hydrogen (secondary N) is 2. The van der Waals surface area contributed by atoms with Crippen molar-refractivity contribution < 1.29 is 4.79 Å². The highest BCUT2D eigenvalue weighted by molar-refractivity contribution is 7.11. The summed E-state index contributed by atoms with van der Waals surface area (Å²) in [4.78, 5) is 17.7. The van der Waals surface area contributed by atoms with Crippen molar-refractivity contribution in [3.8, 4) is 0 Å². The minimum Gasteiger partial charge on any atom is -0.346 e. The van der Waals surface area contributed by atoms with Crippen LogP contribution in [0.4, 0.5) is 0 Å². The summed E-state index contributed by atoms with van der Waals surface area (Å²) in [6, 6.07) is -0.0154.